The van der Waals surface area contributed by atoms with Crippen LogP contribution in [-0.2, 0) is 5.54 Å². The first-order valence-electron chi connectivity index (χ1n) is 8.25. The van der Waals surface area contributed by atoms with Crippen LogP contribution in [0.25, 0.3) is 0 Å². The van der Waals surface area contributed by atoms with Crippen LogP contribution in [-0.4, -0.2) is 0 Å². The average molecular weight is 358 g/mol. The summed E-state index contributed by atoms with van der Waals surface area (Å²) in [4.78, 5) is 0.653. The zero-order valence-electron chi connectivity index (χ0n) is 15.8. The molecule has 1 nitrogen and oxygen atoms in total. The van der Waals surface area contributed by atoms with Crippen LogP contribution in [0.5, 0.6) is 0 Å². The first kappa shape index (κ1) is 21.0. The molecule has 0 aliphatic carbocycles. The topological polar surface area (TPSA) is 12.0 Å². The van der Waals surface area contributed by atoms with Crippen LogP contribution in [0.15, 0.2) is 83.5 Å². The number of halogens is 1. The molecule has 3 heteroatoms. The van der Waals surface area contributed by atoms with Crippen LogP contribution in [0, 0.1) is 6.92 Å². The molecule has 25 heavy (non-hydrogen) atoms. The Morgan fingerprint density at radius 2 is 1.92 bits per heavy atom. The molecule has 0 heterocycles. The minimum absolute atomic E-state index is 0.286. The van der Waals surface area contributed by atoms with Gasteiger partial charge in [0, 0.05) is 4.90 Å². The van der Waals surface area contributed by atoms with Gasteiger partial charge < -0.3 is 5.32 Å². The Labute approximate surface area is 156 Å². The van der Waals surface area contributed by atoms with Gasteiger partial charge in [0.15, 0.2) is 0 Å². The molecule has 0 radical (unpaired) electrons. The lowest BCUT2D eigenvalue weighted by Gasteiger charge is -2.28. The molecule has 1 rings (SSSR count). The van der Waals surface area contributed by atoms with E-state index in [1.807, 2.05) is 63.4 Å². The summed E-state index contributed by atoms with van der Waals surface area (Å²) in [5, 5.41) is 3.40. The van der Waals surface area contributed by atoms with E-state index in [1.54, 1.807) is 6.07 Å². The van der Waals surface area contributed by atoms with Crippen LogP contribution in [0.3, 0.4) is 0 Å². The molecule has 0 unspecified atom stereocenters. The summed E-state index contributed by atoms with van der Waals surface area (Å²) >= 11 is 0.286. The normalized spacial score (nSPS) is 12.8. The van der Waals surface area contributed by atoms with E-state index in [4.69, 9.17) is 0 Å². The molecule has 134 valence electrons. The van der Waals surface area contributed by atoms with Gasteiger partial charge in [0.2, 0.25) is 0 Å². The van der Waals surface area contributed by atoms with E-state index in [9.17, 15) is 3.89 Å². The van der Waals surface area contributed by atoms with Crippen molar-refractivity contribution in [3.8, 4) is 0 Å². The number of allylic oxidation sites excluding steroid dienone is 7. The van der Waals surface area contributed by atoms with Gasteiger partial charge in [-0.05, 0) is 75.2 Å². The summed E-state index contributed by atoms with van der Waals surface area (Å²) in [7, 11) is 0. The molecule has 0 fully saturated rings. The predicted molar refractivity (Wildman–Crippen MR) is 110 cm³/mol. The summed E-state index contributed by atoms with van der Waals surface area (Å²) in [5.41, 5.74) is 4.60. The average Bonchev–Trinajstić information content (AvgIpc) is 2.53. The maximum absolute atomic E-state index is 13.0. The highest BCUT2D eigenvalue weighted by molar-refractivity contribution is 7.94. The molecule has 0 aliphatic heterocycles. The van der Waals surface area contributed by atoms with E-state index in [0.717, 1.165) is 27.8 Å². The lowest BCUT2D eigenvalue weighted by atomic mass is 9.90. The summed E-state index contributed by atoms with van der Waals surface area (Å²) in [5.74, 6) is 0. The summed E-state index contributed by atoms with van der Waals surface area (Å²) < 4.78 is 13.0. The lowest BCUT2D eigenvalue weighted by molar-refractivity contribution is 0.462. The zero-order valence-corrected chi connectivity index (χ0v) is 16.6. The standard InChI is InChI=1S/C22H28FNS/c1-8-10-19(15-16(2)3)17(4)13-14-24-22(6,7)20-11-9-12-21(25-23)18(20)5/h8-15,24H,2,4H2,1,3,5-7H3/b10-8-,14-13-,19-15+. The second-order valence-corrected chi connectivity index (χ2v) is 7.17. The Bertz CT molecular complexity index is 724. The largest absolute Gasteiger partial charge is 0.382 e. The molecule has 0 bridgehead atoms. The first-order valence-corrected chi connectivity index (χ1v) is 8.96. The van der Waals surface area contributed by atoms with Gasteiger partial charge in [-0.1, -0.05) is 49.1 Å². The number of rotatable bonds is 8. The smallest absolute Gasteiger partial charge is 0.0815 e. The maximum atomic E-state index is 13.0. The zero-order chi connectivity index (χ0) is 19.0. The molecule has 1 aromatic rings. The molecule has 0 spiro atoms. The second-order valence-electron chi connectivity index (χ2n) is 6.58. The van der Waals surface area contributed by atoms with E-state index >= 15 is 0 Å². The van der Waals surface area contributed by atoms with Crippen molar-refractivity contribution in [2.75, 3.05) is 0 Å². The second kappa shape index (κ2) is 9.47. The highest BCUT2D eigenvalue weighted by Crippen LogP contribution is 2.31. The molecule has 0 amide bonds. The van der Waals surface area contributed by atoms with E-state index in [1.165, 1.54) is 0 Å². The number of benzene rings is 1. The van der Waals surface area contributed by atoms with Crippen molar-refractivity contribution in [3.63, 3.8) is 0 Å². The molecule has 0 saturated carbocycles. The molecule has 1 aromatic carbocycles. The van der Waals surface area contributed by atoms with E-state index in [2.05, 4.69) is 32.3 Å². The summed E-state index contributed by atoms with van der Waals surface area (Å²) in [6.07, 6.45) is 9.84. The molecule has 0 aliphatic rings. The molecular formula is C22H28FNS. The van der Waals surface area contributed by atoms with Crippen molar-refractivity contribution in [1.29, 1.82) is 0 Å². The monoisotopic (exact) mass is 357 g/mol. The van der Waals surface area contributed by atoms with Crippen LogP contribution in [0.2, 0.25) is 0 Å². The van der Waals surface area contributed by atoms with Crippen LogP contribution in [0.4, 0.5) is 3.89 Å². The summed E-state index contributed by atoms with van der Waals surface area (Å²) in [6.45, 7) is 18.1. The highest BCUT2D eigenvalue weighted by atomic mass is 32.2. The molecule has 0 atom stereocenters. The van der Waals surface area contributed by atoms with Gasteiger partial charge in [-0.25, -0.2) is 0 Å². The fourth-order valence-corrected chi connectivity index (χ4v) is 2.95. The minimum Gasteiger partial charge on any atom is -0.382 e. The third-order valence-corrected chi connectivity index (χ3v) is 4.50. The highest BCUT2D eigenvalue weighted by Gasteiger charge is 2.22. The van der Waals surface area contributed by atoms with Gasteiger partial charge in [-0.2, -0.15) is 3.89 Å². The lowest BCUT2D eigenvalue weighted by Crippen LogP contribution is -2.33. The quantitative estimate of drug-likeness (QED) is 0.505. The Balaban J connectivity index is 2.97. The first-order chi connectivity index (χ1) is 11.7. The van der Waals surface area contributed by atoms with Gasteiger partial charge >= 0.3 is 0 Å². The van der Waals surface area contributed by atoms with Gasteiger partial charge in [-0.3, -0.25) is 0 Å². The number of hydrogen-bond acceptors (Lipinski definition) is 2. The predicted octanol–water partition coefficient (Wildman–Crippen LogP) is 6.94. The van der Waals surface area contributed by atoms with E-state index in [-0.39, 0.29) is 17.7 Å². The van der Waals surface area contributed by atoms with Crippen LogP contribution >= 0.6 is 12.1 Å². The van der Waals surface area contributed by atoms with Crippen molar-refractivity contribution in [2.45, 2.75) is 45.1 Å². The Morgan fingerprint density at radius 3 is 2.48 bits per heavy atom. The van der Waals surface area contributed by atoms with Crippen molar-refractivity contribution in [1.82, 2.24) is 5.32 Å². The van der Waals surface area contributed by atoms with Gasteiger partial charge in [0.25, 0.3) is 0 Å². The molecule has 0 saturated heterocycles. The summed E-state index contributed by atoms with van der Waals surface area (Å²) in [6, 6.07) is 5.70. The molecular weight excluding hydrogens is 329 g/mol. The number of nitrogens with one attached hydrogen (secondary N) is 1. The van der Waals surface area contributed by atoms with Crippen molar-refractivity contribution in [3.05, 3.63) is 89.7 Å². The molecule has 0 aromatic heterocycles. The third kappa shape index (κ3) is 6.09. The van der Waals surface area contributed by atoms with Crippen LogP contribution < -0.4 is 5.32 Å². The van der Waals surface area contributed by atoms with Crippen molar-refractivity contribution < 1.29 is 3.89 Å². The number of hydrogen-bond donors (Lipinski definition) is 1. The van der Waals surface area contributed by atoms with Gasteiger partial charge in [0.1, 0.15) is 0 Å². The van der Waals surface area contributed by atoms with Crippen molar-refractivity contribution >= 4 is 12.1 Å². The van der Waals surface area contributed by atoms with E-state index in [0.29, 0.717) is 4.90 Å². The van der Waals surface area contributed by atoms with Crippen molar-refractivity contribution in [2.24, 2.45) is 0 Å². The SMILES string of the molecule is C=C(C)/C=C(\C=C/C)C(=C)/C=C\NC(C)(C)c1cccc(SF)c1C. The van der Waals surface area contributed by atoms with Gasteiger partial charge in [-0.15, -0.1) is 0 Å². The van der Waals surface area contributed by atoms with E-state index < -0.39 is 0 Å². The Morgan fingerprint density at radius 1 is 1.24 bits per heavy atom. The minimum atomic E-state index is -0.328. The fourth-order valence-electron chi connectivity index (χ4n) is 2.59. The molecule has 1 N–H and O–H groups in total. The van der Waals surface area contributed by atoms with Crippen LogP contribution in [0.1, 0.15) is 38.8 Å². The van der Waals surface area contributed by atoms with Gasteiger partial charge in [0.05, 0.1) is 17.7 Å². The maximum Gasteiger partial charge on any atom is 0.0815 e. The Kier molecular flexibility index (Phi) is 7.98. The fraction of sp³-hybridized carbons (Fsp3) is 0.273. The Hall–Kier alpha value is -2.00. The third-order valence-electron chi connectivity index (χ3n) is 3.89.